The maximum absolute atomic E-state index is 3.25. The van der Waals surface area contributed by atoms with Gasteiger partial charge in [-0.05, 0) is 0 Å². The molecule has 0 saturated carbocycles. The SMILES string of the molecule is B=NC=C. The Balaban J connectivity index is 2.73. The molecule has 0 saturated heterocycles. The van der Waals surface area contributed by atoms with E-state index < -0.39 is 0 Å². The second-order valence-corrected chi connectivity index (χ2v) is 0.365. The first kappa shape index (κ1) is 3.60. The van der Waals surface area contributed by atoms with Crippen LogP contribution in [0.15, 0.2) is 17.7 Å². The molecular weight excluding hydrogens is 48.8 g/mol. The summed E-state index contributed by atoms with van der Waals surface area (Å²) in [6.45, 7) is 3.25. The summed E-state index contributed by atoms with van der Waals surface area (Å²) in [5.74, 6) is 0. The Hall–Kier alpha value is -0.395. The Labute approximate surface area is 26.5 Å². The van der Waals surface area contributed by atoms with E-state index in [9.17, 15) is 0 Å². The molecule has 0 amide bonds. The molecule has 1 nitrogen and oxygen atoms in total. The van der Waals surface area contributed by atoms with Crippen LogP contribution in [0.3, 0.4) is 0 Å². The van der Waals surface area contributed by atoms with E-state index in [4.69, 9.17) is 0 Å². The van der Waals surface area contributed by atoms with Crippen LogP contribution in [0.2, 0.25) is 0 Å². The van der Waals surface area contributed by atoms with E-state index in [0.29, 0.717) is 0 Å². The quantitative estimate of drug-likeness (QED) is 0.379. The molecule has 0 aliphatic carbocycles. The topological polar surface area (TPSA) is 12.4 Å². The number of hydrogen-bond donors (Lipinski definition) is 0. The molecule has 0 N–H and O–H groups in total. The molecule has 20 valence electrons. The Bertz CT molecular complexity index is 27.0. The van der Waals surface area contributed by atoms with Crippen LogP contribution >= 0.6 is 0 Å². The summed E-state index contributed by atoms with van der Waals surface area (Å²) in [5, 5.41) is 0. The molecule has 4 heavy (non-hydrogen) atoms. The third-order valence-electron chi connectivity index (χ3n) is 0.129. The molecule has 0 atom stereocenters. The van der Waals surface area contributed by atoms with Crippen molar-refractivity contribution < 1.29 is 0 Å². The van der Waals surface area contributed by atoms with Gasteiger partial charge in [-0.25, -0.2) is 0 Å². The molecular formula is C2H4BN. The van der Waals surface area contributed by atoms with E-state index in [1.165, 1.54) is 6.20 Å². The molecule has 0 aromatic rings. The molecule has 0 fully saturated rings. The van der Waals surface area contributed by atoms with Gasteiger partial charge in [-0.3, -0.25) is 0 Å². The predicted octanol–water partition coefficient (Wildman–Crippen LogP) is 0.214. The molecule has 0 unspecified atom stereocenters. The zero-order valence-corrected chi connectivity index (χ0v) is 2.44. The van der Waals surface area contributed by atoms with Crippen molar-refractivity contribution in [2.45, 2.75) is 0 Å². The van der Waals surface area contributed by atoms with E-state index >= 15 is 0 Å². The van der Waals surface area contributed by atoms with Gasteiger partial charge in [0.05, 0.1) is 0 Å². The Morgan fingerprint density at radius 3 is 2.25 bits per heavy atom. The molecule has 2 heteroatoms. The van der Waals surface area contributed by atoms with Crippen LogP contribution in [-0.4, -0.2) is 7.64 Å². The van der Waals surface area contributed by atoms with Crippen molar-refractivity contribution in [1.29, 1.82) is 0 Å². The van der Waals surface area contributed by atoms with E-state index in [-0.39, 0.29) is 0 Å². The number of nitrogens with zero attached hydrogens (tertiary/aromatic N) is 1. The van der Waals surface area contributed by atoms with E-state index in [1.807, 2.05) is 0 Å². The van der Waals surface area contributed by atoms with Gasteiger partial charge in [0, 0.05) is 0 Å². The first-order valence-corrected chi connectivity index (χ1v) is 0.983. The zero-order valence-electron chi connectivity index (χ0n) is 2.44. The fourth-order valence-corrected chi connectivity index (χ4v) is 0. The minimum atomic E-state index is 1.39. The minimum absolute atomic E-state index is 1.39. The van der Waals surface area contributed by atoms with Crippen LogP contribution in [0.25, 0.3) is 0 Å². The van der Waals surface area contributed by atoms with Gasteiger partial charge in [0.25, 0.3) is 0 Å². The van der Waals surface area contributed by atoms with E-state index in [2.05, 4.69) is 19.1 Å². The monoisotopic (exact) mass is 53.0 g/mol. The summed E-state index contributed by atoms with van der Waals surface area (Å²) in [6.07, 6.45) is 1.39. The Kier molecular flexibility index (Phi) is 2.35. The van der Waals surface area contributed by atoms with Gasteiger partial charge in [0.1, 0.15) is 0 Å². The van der Waals surface area contributed by atoms with Gasteiger partial charge in [0.15, 0.2) is 0 Å². The van der Waals surface area contributed by atoms with Crippen LogP contribution in [-0.2, 0) is 0 Å². The van der Waals surface area contributed by atoms with Crippen LogP contribution in [0.1, 0.15) is 0 Å². The summed E-state index contributed by atoms with van der Waals surface area (Å²) >= 11 is 0. The zero-order chi connectivity index (χ0) is 3.41. The number of rotatable bonds is 1. The van der Waals surface area contributed by atoms with Crippen molar-refractivity contribution in [3.8, 4) is 0 Å². The van der Waals surface area contributed by atoms with Gasteiger partial charge in [-0.2, -0.15) is 0 Å². The Morgan fingerprint density at radius 1 is 2.00 bits per heavy atom. The molecule has 0 spiro atoms. The normalized spacial score (nSPS) is 4.75. The fraction of sp³-hybridized carbons (Fsp3) is 0. The molecule has 0 rings (SSSR count). The van der Waals surface area contributed by atoms with Crippen molar-refractivity contribution in [2.24, 2.45) is 4.90 Å². The molecule has 0 bridgehead atoms. The summed E-state index contributed by atoms with van der Waals surface area (Å²) in [7, 11) is 3.11. The van der Waals surface area contributed by atoms with Crippen LogP contribution in [0, 0.1) is 0 Å². The molecule has 0 heterocycles. The fourth-order valence-electron chi connectivity index (χ4n) is 0. The van der Waals surface area contributed by atoms with Gasteiger partial charge < -0.3 is 0 Å². The molecule has 0 radical (unpaired) electrons. The summed E-state index contributed by atoms with van der Waals surface area (Å²) in [4.78, 5) is 3.25. The first-order valence-electron chi connectivity index (χ1n) is 0.983. The molecule has 0 aromatic carbocycles. The predicted molar refractivity (Wildman–Crippen MR) is 19.8 cm³/mol. The van der Waals surface area contributed by atoms with Crippen molar-refractivity contribution in [2.75, 3.05) is 0 Å². The third-order valence-corrected chi connectivity index (χ3v) is 0.129. The second kappa shape index (κ2) is 2.60. The van der Waals surface area contributed by atoms with Crippen molar-refractivity contribution >= 4 is 7.64 Å². The average Bonchev–Trinajstić information content (AvgIpc) is 1.37. The molecule has 0 aliphatic rings. The van der Waals surface area contributed by atoms with Gasteiger partial charge in [-0.15, -0.1) is 0 Å². The van der Waals surface area contributed by atoms with E-state index in [0.717, 1.165) is 0 Å². The van der Waals surface area contributed by atoms with Crippen molar-refractivity contribution in [3.63, 3.8) is 0 Å². The van der Waals surface area contributed by atoms with Crippen LogP contribution in [0.5, 0.6) is 0 Å². The van der Waals surface area contributed by atoms with Crippen molar-refractivity contribution in [3.05, 3.63) is 12.8 Å². The third kappa shape index (κ3) is 1.60. The summed E-state index contributed by atoms with van der Waals surface area (Å²) < 4.78 is 0. The first-order chi connectivity index (χ1) is 1.91. The number of hydrogen-bond acceptors (Lipinski definition) is 1. The summed E-state index contributed by atoms with van der Waals surface area (Å²) in [5.41, 5.74) is 0. The molecule has 0 aromatic heterocycles. The van der Waals surface area contributed by atoms with Crippen LogP contribution in [0.4, 0.5) is 0 Å². The maximum atomic E-state index is 3.25. The van der Waals surface area contributed by atoms with Gasteiger partial charge in [-0.1, -0.05) is 0 Å². The second-order valence-electron chi connectivity index (χ2n) is 0.365. The van der Waals surface area contributed by atoms with Crippen molar-refractivity contribution in [1.82, 2.24) is 0 Å². The van der Waals surface area contributed by atoms with Gasteiger partial charge >= 0.3 is 25.3 Å². The Morgan fingerprint density at radius 2 is 2.25 bits per heavy atom. The van der Waals surface area contributed by atoms with E-state index in [1.54, 1.807) is 0 Å². The average molecular weight is 52.9 g/mol. The standard InChI is InChI=1S/C2H4BN/c1-2-4-3/h2-3H,1H2. The van der Waals surface area contributed by atoms with Crippen LogP contribution < -0.4 is 0 Å². The molecule has 0 aliphatic heterocycles. The summed E-state index contributed by atoms with van der Waals surface area (Å²) in [6, 6.07) is 0. The van der Waals surface area contributed by atoms with Gasteiger partial charge in [0.2, 0.25) is 0 Å².